The predicted molar refractivity (Wildman–Crippen MR) is 135 cm³/mol. The summed E-state index contributed by atoms with van der Waals surface area (Å²) in [7, 11) is 2.80. The normalized spacial score (nSPS) is 10.9. The van der Waals surface area contributed by atoms with Crippen molar-refractivity contribution < 1.29 is 23.5 Å². The van der Waals surface area contributed by atoms with Crippen LogP contribution < -0.4 is 10.1 Å². The lowest BCUT2D eigenvalue weighted by atomic mass is 10.0. The van der Waals surface area contributed by atoms with Gasteiger partial charge >= 0.3 is 5.97 Å². The van der Waals surface area contributed by atoms with E-state index in [9.17, 15) is 19.2 Å². The Bertz CT molecular complexity index is 1300. The number of hydrogen-bond donors (Lipinski definition) is 1. The number of carbonyl (C=O) groups is 2. The average molecular weight is 570 g/mol. The zero-order chi connectivity index (χ0) is 24.7. The quantitative estimate of drug-likeness (QED) is 0.179. The number of methoxy groups -OCH3 is 2. The fourth-order valence-corrected chi connectivity index (χ4v) is 4.04. The van der Waals surface area contributed by atoms with E-state index in [1.165, 1.54) is 38.5 Å². The Morgan fingerprint density at radius 1 is 1.12 bits per heavy atom. The second-order valence-electron chi connectivity index (χ2n) is 7.14. The van der Waals surface area contributed by atoms with Crippen LogP contribution in [0.2, 0.25) is 0 Å². The van der Waals surface area contributed by atoms with Crippen LogP contribution in [-0.2, 0) is 16.0 Å². The maximum Gasteiger partial charge on any atom is 0.337 e. The van der Waals surface area contributed by atoms with Gasteiger partial charge in [0.15, 0.2) is 0 Å². The van der Waals surface area contributed by atoms with Gasteiger partial charge in [-0.15, -0.1) is 0 Å². The van der Waals surface area contributed by atoms with Crippen LogP contribution in [-0.4, -0.2) is 26.1 Å². The highest BCUT2D eigenvalue weighted by atomic mass is 127. The Hall–Kier alpha value is -3.71. The topological polar surface area (TPSA) is 88.4 Å². The van der Waals surface area contributed by atoms with Crippen molar-refractivity contribution >= 4 is 46.2 Å². The summed E-state index contributed by atoms with van der Waals surface area (Å²) in [6.45, 7) is 0. The number of esters is 1. The van der Waals surface area contributed by atoms with Crippen molar-refractivity contribution in [3.05, 3.63) is 97.9 Å². The summed E-state index contributed by atoms with van der Waals surface area (Å²) in [6.07, 6.45) is 1.79. The zero-order valence-electron chi connectivity index (χ0n) is 18.4. The van der Waals surface area contributed by atoms with Gasteiger partial charge in [0, 0.05) is 21.2 Å². The van der Waals surface area contributed by atoms with E-state index in [0.717, 1.165) is 9.13 Å². The van der Waals surface area contributed by atoms with E-state index in [1.54, 1.807) is 42.5 Å². The Kier molecular flexibility index (Phi) is 8.38. The third-order valence-corrected chi connectivity index (χ3v) is 5.92. The van der Waals surface area contributed by atoms with Gasteiger partial charge < -0.3 is 14.8 Å². The molecular formula is C26H20FIN2O4. The van der Waals surface area contributed by atoms with Crippen molar-refractivity contribution in [2.24, 2.45) is 0 Å². The number of nitriles is 1. The maximum atomic E-state index is 14.1. The van der Waals surface area contributed by atoms with Crippen molar-refractivity contribution in [2.75, 3.05) is 19.5 Å². The second kappa shape index (κ2) is 11.4. The molecule has 172 valence electrons. The molecule has 3 rings (SSSR count). The Morgan fingerprint density at radius 2 is 1.82 bits per heavy atom. The van der Waals surface area contributed by atoms with E-state index in [4.69, 9.17) is 4.74 Å². The molecule has 0 aliphatic carbocycles. The average Bonchev–Trinajstić information content (AvgIpc) is 2.84. The van der Waals surface area contributed by atoms with Crippen LogP contribution in [0.15, 0.2) is 66.2 Å². The van der Waals surface area contributed by atoms with Gasteiger partial charge in [-0.1, -0.05) is 18.2 Å². The summed E-state index contributed by atoms with van der Waals surface area (Å²) in [4.78, 5) is 24.2. The van der Waals surface area contributed by atoms with Gasteiger partial charge in [-0.25, -0.2) is 9.18 Å². The minimum absolute atomic E-state index is 0.114. The molecule has 1 amide bonds. The molecule has 0 aliphatic heterocycles. The van der Waals surface area contributed by atoms with E-state index in [1.807, 2.05) is 6.07 Å². The number of hydrogen-bond acceptors (Lipinski definition) is 5. The molecule has 8 heteroatoms. The predicted octanol–water partition coefficient (Wildman–Crippen LogP) is 5.36. The summed E-state index contributed by atoms with van der Waals surface area (Å²) in [5, 5.41) is 12.2. The van der Waals surface area contributed by atoms with Crippen LogP contribution in [0.5, 0.6) is 5.75 Å². The fourth-order valence-electron chi connectivity index (χ4n) is 3.22. The SMILES string of the molecule is COC(=O)c1ccc(NC(=O)/C(C#N)=C/c2cc(I)c(Cc3ccccc3F)c(OC)c2)cc1. The van der Waals surface area contributed by atoms with Gasteiger partial charge in [-0.05, 0) is 82.3 Å². The lowest BCUT2D eigenvalue weighted by molar-refractivity contribution is -0.112. The molecule has 3 aromatic carbocycles. The number of carbonyl (C=O) groups excluding carboxylic acids is 2. The molecule has 0 aromatic heterocycles. The number of ether oxygens (including phenoxy) is 2. The summed E-state index contributed by atoms with van der Waals surface area (Å²) in [5.74, 6) is -0.861. The van der Waals surface area contributed by atoms with Gasteiger partial charge in [-0.3, -0.25) is 4.79 Å². The Morgan fingerprint density at radius 3 is 2.44 bits per heavy atom. The van der Waals surface area contributed by atoms with E-state index in [0.29, 0.717) is 34.5 Å². The van der Waals surface area contributed by atoms with Crippen LogP contribution in [0.1, 0.15) is 27.0 Å². The minimum atomic E-state index is -0.599. The van der Waals surface area contributed by atoms with E-state index < -0.39 is 11.9 Å². The molecule has 0 saturated heterocycles. The van der Waals surface area contributed by atoms with Crippen molar-refractivity contribution in [3.63, 3.8) is 0 Å². The molecule has 6 nitrogen and oxygen atoms in total. The first kappa shape index (κ1) is 24.9. The van der Waals surface area contributed by atoms with Crippen molar-refractivity contribution in [2.45, 2.75) is 6.42 Å². The molecule has 0 heterocycles. The third-order valence-electron chi connectivity index (χ3n) is 4.96. The number of amides is 1. The molecule has 0 atom stereocenters. The number of anilines is 1. The molecule has 0 saturated carbocycles. The smallest absolute Gasteiger partial charge is 0.337 e. The highest BCUT2D eigenvalue weighted by Gasteiger charge is 2.15. The minimum Gasteiger partial charge on any atom is -0.496 e. The first-order valence-electron chi connectivity index (χ1n) is 10.1. The van der Waals surface area contributed by atoms with Crippen LogP contribution in [0.3, 0.4) is 0 Å². The molecule has 34 heavy (non-hydrogen) atoms. The lowest BCUT2D eigenvalue weighted by Crippen LogP contribution is -2.13. The molecule has 0 bridgehead atoms. The largest absolute Gasteiger partial charge is 0.496 e. The number of benzene rings is 3. The van der Waals surface area contributed by atoms with Gasteiger partial charge in [0.05, 0.1) is 19.8 Å². The molecule has 0 radical (unpaired) electrons. The standard InChI is InChI=1S/C26H20FIN2O4/c1-33-24-13-16(12-23(28)21(24)14-18-5-3-4-6-22(18)27)11-19(15-29)25(31)30-20-9-7-17(8-10-20)26(32)34-2/h3-13H,14H2,1-2H3,(H,30,31)/b19-11+. The second-order valence-corrected chi connectivity index (χ2v) is 8.31. The van der Waals surface area contributed by atoms with Crippen molar-refractivity contribution in [1.29, 1.82) is 5.26 Å². The van der Waals surface area contributed by atoms with Gasteiger partial charge in [0.1, 0.15) is 23.2 Å². The molecular weight excluding hydrogens is 550 g/mol. The Labute approximate surface area is 210 Å². The summed E-state index contributed by atoms with van der Waals surface area (Å²) in [5.41, 5.74) is 2.58. The fraction of sp³-hybridized carbons (Fsp3) is 0.115. The number of halogens is 2. The van der Waals surface area contributed by atoms with Crippen LogP contribution in [0.4, 0.5) is 10.1 Å². The lowest BCUT2D eigenvalue weighted by Gasteiger charge is -2.13. The molecule has 3 aromatic rings. The number of rotatable bonds is 7. The highest BCUT2D eigenvalue weighted by molar-refractivity contribution is 14.1. The summed E-state index contributed by atoms with van der Waals surface area (Å²) < 4.78 is 25.1. The van der Waals surface area contributed by atoms with E-state index >= 15 is 0 Å². The first-order valence-corrected chi connectivity index (χ1v) is 11.2. The van der Waals surface area contributed by atoms with E-state index in [-0.39, 0.29) is 11.4 Å². The summed E-state index contributed by atoms with van der Waals surface area (Å²) >= 11 is 2.13. The maximum absolute atomic E-state index is 14.1. The number of nitrogens with zero attached hydrogens (tertiary/aromatic N) is 1. The van der Waals surface area contributed by atoms with Crippen molar-refractivity contribution in [1.82, 2.24) is 0 Å². The highest BCUT2D eigenvalue weighted by Crippen LogP contribution is 2.30. The van der Waals surface area contributed by atoms with Crippen molar-refractivity contribution in [3.8, 4) is 11.8 Å². The molecule has 0 spiro atoms. The van der Waals surface area contributed by atoms with Crippen LogP contribution >= 0.6 is 22.6 Å². The molecule has 0 fully saturated rings. The summed E-state index contributed by atoms with van der Waals surface area (Å²) in [6, 6.07) is 18.1. The number of nitrogens with one attached hydrogen (secondary N) is 1. The molecule has 1 N–H and O–H groups in total. The van der Waals surface area contributed by atoms with E-state index in [2.05, 4.69) is 32.6 Å². The Balaban J connectivity index is 1.84. The van der Waals surface area contributed by atoms with Gasteiger partial charge in [-0.2, -0.15) is 5.26 Å². The van der Waals surface area contributed by atoms with Gasteiger partial charge in [0.2, 0.25) is 0 Å². The third kappa shape index (κ3) is 5.99. The van der Waals surface area contributed by atoms with Gasteiger partial charge in [0.25, 0.3) is 5.91 Å². The molecule has 0 aliphatic rings. The zero-order valence-corrected chi connectivity index (χ0v) is 20.6. The van der Waals surface area contributed by atoms with Crippen LogP contribution in [0.25, 0.3) is 6.08 Å². The first-order chi connectivity index (χ1) is 16.4. The molecule has 0 unspecified atom stereocenters. The monoisotopic (exact) mass is 570 g/mol. The van der Waals surface area contributed by atoms with Crippen LogP contribution in [0, 0.1) is 20.7 Å².